The highest BCUT2D eigenvalue weighted by molar-refractivity contribution is 7.94. The molecule has 1 heterocycles. The Balaban J connectivity index is 1.67. The summed E-state index contributed by atoms with van der Waals surface area (Å²) in [5.41, 5.74) is 1.74. The van der Waals surface area contributed by atoms with E-state index >= 15 is 0 Å². The highest BCUT2D eigenvalue weighted by Crippen LogP contribution is 2.32. The fraction of sp³-hybridized carbons (Fsp3) is 0.455. The van der Waals surface area contributed by atoms with Crippen LogP contribution in [0.5, 0.6) is 0 Å². The van der Waals surface area contributed by atoms with Crippen LogP contribution in [0.25, 0.3) is 0 Å². The lowest BCUT2D eigenvalue weighted by Gasteiger charge is -2.27. The number of fused-ring (bicyclic) bond motifs is 1. The summed E-state index contributed by atoms with van der Waals surface area (Å²) < 4.78 is 28.9. The van der Waals surface area contributed by atoms with Gasteiger partial charge in [-0.1, -0.05) is 35.9 Å². The van der Waals surface area contributed by atoms with Gasteiger partial charge in [0.1, 0.15) is 5.70 Å². The summed E-state index contributed by atoms with van der Waals surface area (Å²) in [4.78, 5) is 27.7. The van der Waals surface area contributed by atoms with Crippen LogP contribution < -0.4 is 4.72 Å². The normalized spacial score (nSPS) is 20.1. The lowest BCUT2D eigenvalue weighted by Crippen LogP contribution is -2.39. The van der Waals surface area contributed by atoms with Gasteiger partial charge in [-0.15, -0.1) is 0 Å². The molecule has 1 aliphatic heterocycles. The Bertz CT molecular complexity index is 1000. The lowest BCUT2D eigenvalue weighted by molar-refractivity contribution is 0.0952. The fourth-order valence-electron chi connectivity index (χ4n) is 4.37. The SMILES string of the molecule is O=C1C(N2CCCC2)=C(S(=O)(=O)NCCC2=CCCCC2)C(=O)c2ccccc21. The summed E-state index contributed by atoms with van der Waals surface area (Å²) in [5.74, 6) is -0.969. The molecule has 7 heteroatoms. The number of carbonyl (C=O) groups excluding carboxylic acids is 2. The minimum Gasteiger partial charge on any atom is -0.367 e. The second-order valence-corrected chi connectivity index (χ2v) is 9.54. The van der Waals surface area contributed by atoms with Crippen molar-refractivity contribution in [2.24, 2.45) is 0 Å². The van der Waals surface area contributed by atoms with Gasteiger partial charge in [-0.05, 0) is 44.9 Å². The molecule has 0 unspecified atom stereocenters. The number of hydrogen-bond acceptors (Lipinski definition) is 5. The van der Waals surface area contributed by atoms with Gasteiger partial charge in [0.25, 0.3) is 0 Å². The molecule has 0 radical (unpaired) electrons. The Morgan fingerprint density at radius 3 is 2.28 bits per heavy atom. The van der Waals surface area contributed by atoms with E-state index in [0.29, 0.717) is 19.5 Å². The molecule has 1 fully saturated rings. The number of ketones is 2. The van der Waals surface area contributed by atoms with Gasteiger partial charge in [0.15, 0.2) is 4.91 Å². The zero-order valence-corrected chi connectivity index (χ0v) is 17.3. The van der Waals surface area contributed by atoms with Gasteiger partial charge < -0.3 is 4.90 Å². The van der Waals surface area contributed by atoms with E-state index in [2.05, 4.69) is 10.8 Å². The third kappa shape index (κ3) is 3.94. The summed E-state index contributed by atoms with van der Waals surface area (Å²) >= 11 is 0. The zero-order chi connectivity index (χ0) is 20.4. The van der Waals surface area contributed by atoms with Crippen molar-refractivity contribution >= 4 is 21.6 Å². The van der Waals surface area contributed by atoms with Gasteiger partial charge in [0, 0.05) is 30.8 Å². The highest BCUT2D eigenvalue weighted by atomic mass is 32.2. The van der Waals surface area contributed by atoms with Crippen LogP contribution in [-0.2, 0) is 10.0 Å². The number of nitrogens with zero attached hydrogens (tertiary/aromatic N) is 1. The summed E-state index contributed by atoms with van der Waals surface area (Å²) in [6.07, 6.45) is 8.90. The third-order valence-corrected chi connectivity index (χ3v) is 7.37. The Hall–Kier alpha value is -2.25. The average Bonchev–Trinajstić information content (AvgIpc) is 3.25. The topological polar surface area (TPSA) is 83.6 Å². The highest BCUT2D eigenvalue weighted by Gasteiger charge is 2.41. The van der Waals surface area contributed by atoms with Crippen molar-refractivity contribution in [2.45, 2.75) is 44.9 Å². The molecule has 0 spiro atoms. The Morgan fingerprint density at radius 2 is 1.62 bits per heavy atom. The molecule has 1 saturated heterocycles. The van der Waals surface area contributed by atoms with Crippen molar-refractivity contribution in [1.82, 2.24) is 9.62 Å². The summed E-state index contributed by atoms with van der Waals surface area (Å²) in [5, 5.41) is 0. The number of Topliss-reactive ketones (excluding diaryl/α,β-unsaturated/α-hetero) is 2. The van der Waals surface area contributed by atoms with Gasteiger partial charge in [-0.2, -0.15) is 0 Å². The van der Waals surface area contributed by atoms with Crippen LogP contribution in [0.3, 0.4) is 0 Å². The number of allylic oxidation sites excluding steroid dienone is 3. The van der Waals surface area contributed by atoms with Gasteiger partial charge in [-0.25, -0.2) is 13.1 Å². The van der Waals surface area contributed by atoms with E-state index in [1.54, 1.807) is 23.1 Å². The first-order valence-electron chi connectivity index (χ1n) is 10.3. The summed E-state index contributed by atoms with van der Waals surface area (Å²) in [7, 11) is -4.11. The molecule has 1 aromatic carbocycles. The summed E-state index contributed by atoms with van der Waals surface area (Å²) in [6, 6.07) is 6.47. The molecule has 4 rings (SSSR count). The van der Waals surface area contributed by atoms with E-state index in [1.165, 1.54) is 18.1 Å². The first-order chi connectivity index (χ1) is 14.0. The molecular weight excluding hydrogens is 388 g/mol. The third-order valence-electron chi connectivity index (χ3n) is 5.87. The zero-order valence-electron chi connectivity index (χ0n) is 16.4. The van der Waals surface area contributed by atoms with E-state index in [9.17, 15) is 18.0 Å². The smallest absolute Gasteiger partial charge is 0.246 e. The van der Waals surface area contributed by atoms with E-state index in [4.69, 9.17) is 0 Å². The van der Waals surface area contributed by atoms with Crippen LogP contribution in [0.4, 0.5) is 0 Å². The second-order valence-electron chi connectivity index (χ2n) is 7.83. The Labute approximate surface area is 171 Å². The van der Waals surface area contributed by atoms with E-state index in [1.807, 2.05) is 0 Å². The largest absolute Gasteiger partial charge is 0.367 e. The van der Waals surface area contributed by atoms with Crippen molar-refractivity contribution in [3.05, 3.63) is 57.6 Å². The maximum Gasteiger partial charge on any atom is 0.246 e. The predicted octanol–water partition coefficient (Wildman–Crippen LogP) is 3.18. The number of likely N-dealkylation sites (tertiary alicyclic amines) is 1. The molecule has 2 aliphatic carbocycles. The molecular formula is C22H26N2O4S. The maximum absolute atomic E-state index is 13.2. The van der Waals surface area contributed by atoms with Gasteiger partial charge in [-0.3, -0.25) is 9.59 Å². The molecule has 0 amide bonds. The molecule has 0 saturated carbocycles. The van der Waals surface area contributed by atoms with Crippen LogP contribution in [0.15, 0.2) is 46.5 Å². The molecule has 1 N–H and O–H groups in total. The number of hydrogen-bond donors (Lipinski definition) is 1. The Kier molecular flexibility index (Phi) is 5.69. The van der Waals surface area contributed by atoms with Crippen LogP contribution in [-0.4, -0.2) is 44.5 Å². The standard InChI is InChI=1S/C22H26N2O4S/c25-20-17-10-4-5-11-18(17)21(26)22(19(20)24-14-6-7-15-24)29(27,28)23-13-12-16-8-2-1-3-9-16/h4-5,8,10-11,23H,1-3,6-7,9,12-15H2. The molecule has 154 valence electrons. The van der Waals surface area contributed by atoms with Crippen LogP contribution >= 0.6 is 0 Å². The molecule has 0 atom stereocenters. The van der Waals surface area contributed by atoms with Crippen LogP contribution in [0.2, 0.25) is 0 Å². The van der Waals surface area contributed by atoms with E-state index < -0.39 is 15.8 Å². The van der Waals surface area contributed by atoms with Crippen molar-refractivity contribution in [3.8, 4) is 0 Å². The number of rotatable bonds is 6. The average molecular weight is 415 g/mol. The molecule has 0 aromatic heterocycles. The minimum atomic E-state index is -4.11. The number of sulfonamides is 1. The Morgan fingerprint density at radius 1 is 0.931 bits per heavy atom. The number of benzene rings is 1. The van der Waals surface area contributed by atoms with E-state index in [0.717, 1.165) is 32.1 Å². The van der Waals surface area contributed by atoms with Gasteiger partial charge >= 0.3 is 0 Å². The van der Waals surface area contributed by atoms with E-state index in [-0.39, 0.29) is 34.1 Å². The van der Waals surface area contributed by atoms with Gasteiger partial charge in [0.2, 0.25) is 21.6 Å². The summed E-state index contributed by atoms with van der Waals surface area (Å²) in [6.45, 7) is 1.40. The predicted molar refractivity (Wildman–Crippen MR) is 111 cm³/mol. The molecule has 29 heavy (non-hydrogen) atoms. The lowest BCUT2D eigenvalue weighted by atomic mass is 9.92. The number of nitrogens with one attached hydrogen (secondary N) is 1. The maximum atomic E-state index is 13.2. The van der Waals surface area contributed by atoms with Crippen LogP contribution in [0, 0.1) is 0 Å². The fourth-order valence-corrected chi connectivity index (χ4v) is 5.71. The van der Waals surface area contributed by atoms with Crippen molar-refractivity contribution in [2.75, 3.05) is 19.6 Å². The first kappa shape index (κ1) is 20.0. The number of carbonyl (C=O) groups is 2. The van der Waals surface area contributed by atoms with Gasteiger partial charge in [0.05, 0.1) is 0 Å². The molecule has 0 bridgehead atoms. The second kappa shape index (κ2) is 8.24. The first-order valence-corrected chi connectivity index (χ1v) is 11.8. The van der Waals surface area contributed by atoms with Crippen LogP contribution in [0.1, 0.15) is 65.7 Å². The minimum absolute atomic E-state index is 0.0376. The molecule has 1 aromatic rings. The monoisotopic (exact) mass is 414 g/mol. The molecule has 3 aliphatic rings. The molecule has 6 nitrogen and oxygen atoms in total. The quantitative estimate of drug-likeness (QED) is 0.723. The van der Waals surface area contributed by atoms with Crippen molar-refractivity contribution < 1.29 is 18.0 Å². The van der Waals surface area contributed by atoms with Crippen molar-refractivity contribution in [3.63, 3.8) is 0 Å². The van der Waals surface area contributed by atoms with Crippen molar-refractivity contribution in [1.29, 1.82) is 0 Å².